The topological polar surface area (TPSA) is 6.48 Å². The van der Waals surface area contributed by atoms with E-state index >= 15 is 0 Å². The number of anilines is 6. The van der Waals surface area contributed by atoms with Gasteiger partial charge in [-0.2, -0.15) is 0 Å². The molecule has 0 heterocycles. The van der Waals surface area contributed by atoms with Gasteiger partial charge in [-0.25, -0.2) is 0 Å². The van der Waals surface area contributed by atoms with Gasteiger partial charge >= 0.3 is 0 Å². The maximum atomic E-state index is 2.33. The fourth-order valence-electron chi connectivity index (χ4n) is 5.94. The van der Waals surface area contributed by atoms with E-state index in [2.05, 4.69) is 206 Å². The Morgan fingerprint density at radius 2 is 0.587 bits per heavy atom. The third-order valence-electron chi connectivity index (χ3n) is 8.37. The largest absolute Gasteiger partial charge is 0.310 e. The second-order valence-electron chi connectivity index (χ2n) is 11.7. The van der Waals surface area contributed by atoms with Gasteiger partial charge in [0, 0.05) is 34.1 Å². The predicted molar refractivity (Wildman–Crippen MR) is 196 cm³/mol. The van der Waals surface area contributed by atoms with Crippen LogP contribution in [-0.2, 0) is 0 Å². The lowest BCUT2D eigenvalue weighted by molar-refractivity contribution is 1.26. The average Bonchev–Trinajstić information content (AvgIpc) is 3.11. The maximum Gasteiger partial charge on any atom is 0.0467 e. The molecular formula is C44H36N2. The molecule has 0 spiro atoms. The van der Waals surface area contributed by atoms with Crippen LogP contribution in [0.1, 0.15) is 11.1 Å². The van der Waals surface area contributed by atoms with Crippen LogP contribution in [0.4, 0.5) is 34.1 Å². The normalized spacial score (nSPS) is 10.8. The van der Waals surface area contributed by atoms with Crippen LogP contribution in [0.5, 0.6) is 0 Å². The first-order valence-corrected chi connectivity index (χ1v) is 15.8. The van der Waals surface area contributed by atoms with Gasteiger partial charge in [0.2, 0.25) is 0 Å². The SMILES string of the molecule is Cc1ccc(-c2cccc(N(c3ccccc3)c3ccc(N(c4ccccc4)c4cccc(-c5ccc(C)cc5)c4)cc3)c2)cc1. The minimum absolute atomic E-state index is 1.09. The maximum absolute atomic E-state index is 2.33. The quantitative estimate of drug-likeness (QED) is 0.173. The number of rotatable bonds is 8. The monoisotopic (exact) mass is 592 g/mol. The molecule has 0 bridgehead atoms. The van der Waals surface area contributed by atoms with Gasteiger partial charge in [-0.1, -0.05) is 120 Å². The highest BCUT2D eigenvalue weighted by molar-refractivity contribution is 5.84. The fraction of sp³-hybridized carbons (Fsp3) is 0.0455. The van der Waals surface area contributed by atoms with Crippen LogP contribution in [-0.4, -0.2) is 0 Å². The lowest BCUT2D eigenvalue weighted by Crippen LogP contribution is -2.12. The van der Waals surface area contributed by atoms with E-state index in [-0.39, 0.29) is 0 Å². The first kappa shape index (κ1) is 28.9. The summed E-state index contributed by atoms with van der Waals surface area (Å²) in [5, 5.41) is 0. The average molecular weight is 593 g/mol. The Morgan fingerprint density at radius 1 is 0.261 bits per heavy atom. The molecule has 0 amide bonds. The molecule has 46 heavy (non-hydrogen) atoms. The van der Waals surface area contributed by atoms with Crippen LogP contribution in [0, 0.1) is 13.8 Å². The van der Waals surface area contributed by atoms with Crippen molar-refractivity contribution >= 4 is 34.1 Å². The molecule has 0 aromatic heterocycles. The van der Waals surface area contributed by atoms with Crippen LogP contribution in [0.3, 0.4) is 0 Å². The Balaban J connectivity index is 1.29. The molecule has 0 radical (unpaired) electrons. The van der Waals surface area contributed by atoms with E-state index in [1.54, 1.807) is 0 Å². The summed E-state index contributed by atoms with van der Waals surface area (Å²) in [4.78, 5) is 4.65. The second-order valence-corrected chi connectivity index (χ2v) is 11.7. The predicted octanol–water partition coefficient (Wildman–Crippen LogP) is 12.6. The summed E-state index contributed by atoms with van der Waals surface area (Å²) >= 11 is 0. The van der Waals surface area contributed by atoms with Crippen LogP contribution >= 0.6 is 0 Å². The number of benzene rings is 7. The Hall–Kier alpha value is -5.86. The zero-order valence-corrected chi connectivity index (χ0v) is 26.2. The lowest BCUT2D eigenvalue weighted by atomic mass is 10.0. The molecule has 0 aliphatic carbocycles. The van der Waals surface area contributed by atoms with E-state index < -0.39 is 0 Å². The molecule has 7 aromatic carbocycles. The molecule has 222 valence electrons. The first-order valence-electron chi connectivity index (χ1n) is 15.8. The molecule has 2 heteroatoms. The zero-order chi connectivity index (χ0) is 31.3. The zero-order valence-electron chi connectivity index (χ0n) is 26.2. The van der Waals surface area contributed by atoms with Crippen molar-refractivity contribution in [3.8, 4) is 22.3 Å². The van der Waals surface area contributed by atoms with Gasteiger partial charge in [-0.05, 0) is 109 Å². The molecule has 0 saturated carbocycles. The molecule has 0 unspecified atom stereocenters. The van der Waals surface area contributed by atoms with Crippen LogP contribution in [0.15, 0.2) is 182 Å². The summed E-state index contributed by atoms with van der Waals surface area (Å²) < 4.78 is 0. The Labute approximate surface area is 272 Å². The van der Waals surface area contributed by atoms with Gasteiger partial charge < -0.3 is 9.80 Å². The lowest BCUT2D eigenvalue weighted by Gasteiger charge is -2.28. The van der Waals surface area contributed by atoms with E-state index in [1.165, 1.54) is 33.4 Å². The summed E-state index contributed by atoms with van der Waals surface area (Å²) in [6, 6.07) is 65.1. The van der Waals surface area contributed by atoms with Gasteiger partial charge in [-0.3, -0.25) is 0 Å². The third-order valence-corrected chi connectivity index (χ3v) is 8.37. The highest BCUT2D eigenvalue weighted by atomic mass is 15.2. The Morgan fingerprint density at radius 3 is 0.957 bits per heavy atom. The summed E-state index contributed by atoms with van der Waals surface area (Å²) in [5.41, 5.74) is 14.0. The van der Waals surface area contributed by atoms with E-state index in [4.69, 9.17) is 0 Å². The van der Waals surface area contributed by atoms with E-state index in [9.17, 15) is 0 Å². The van der Waals surface area contributed by atoms with Crippen molar-refractivity contribution in [2.24, 2.45) is 0 Å². The molecule has 0 atom stereocenters. The van der Waals surface area contributed by atoms with Crippen LogP contribution in [0.25, 0.3) is 22.3 Å². The summed E-state index contributed by atoms with van der Waals surface area (Å²) in [6.45, 7) is 4.25. The molecule has 0 fully saturated rings. The Kier molecular flexibility index (Phi) is 8.17. The molecule has 0 saturated heterocycles. The van der Waals surface area contributed by atoms with E-state index in [1.807, 2.05) is 0 Å². The molecule has 0 aliphatic heterocycles. The van der Waals surface area contributed by atoms with Crippen molar-refractivity contribution < 1.29 is 0 Å². The third kappa shape index (κ3) is 6.20. The molecule has 0 aliphatic rings. The molecule has 2 nitrogen and oxygen atoms in total. The van der Waals surface area contributed by atoms with Gasteiger partial charge in [0.15, 0.2) is 0 Å². The van der Waals surface area contributed by atoms with Crippen LogP contribution in [0.2, 0.25) is 0 Å². The van der Waals surface area contributed by atoms with Crippen molar-refractivity contribution in [2.75, 3.05) is 9.80 Å². The number of aryl methyl sites for hydroxylation is 2. The van der Waals surface area contributed by atoms with Crippen molar-refractivity contribution in [1.29, 1.82) is 0 Å². The minimum atomic E-state index is 1.09. The van der Waals surface area contributed by atoms with Crippen molar-refractivity contribution in [2.45, 2.75) is 13.8 Å². The highest BCUT2D eigenvalue weighted by Crippen LogP contribution is 2.40. The van der Waals surface area contributed by atoms with E-state index in [0.717, 1.165) is 34.1 Å². The number of hydrogen-bond donors (Lipinski definition) is 0. The smallest absolute Gasteiger partial charge is 0.0467 e. The van der Waals surface area contributed by atoms with Crippen molar-refractivity contribution in [1.82, 2.24) is 0 Å². The van der Waals surface area contributed by atoms with Crippen molar-refractivity contribution in [3.63, 3.8) is 0 Å². The summed E-state index contributed by atoms with van der Waals surface area (Å²) in [5.74, 6) is 0. The van der Waals surface area contributed by atoms with Gasteiger partial charge in [-0.15, -0.1) is 0 Å². The standard InChI is InChI=1S/C44H36N2/c1-33-19-23-35(24-20-33)37-11-9-17-43(31-37)45(39-13-5-3-6-14-39)41-27-29-42(30-28-41)46(40-15-7-4-8-16-40)44-18-10-12-38(32-44)36-25-21-34(2)22-26-36/h3-32H,1-2H3. The molecule has 7 rings (SSSR count). The minimum Gasteiger partial charge on any atom is -0.310 e. The van der Waals surface area contributed by atoms with Crippen molar-refractivity contribution in [3.05, 3.63) is 193 Å². The summed E-state index contributed by atoms with van der Waals surface area (Å²) in [7, 11) is 0. The van der Waals surface area contributed by atoms with Crippen LogP contribution < -0.4 is 9.80 Å². The van der Waals surface area contributed by atoms with Gasteiger partial charge in [0.05, 0.1) is 0 Å². The first-order chi connectivity index (χ1) is 22.6. The number of nitrogens with zero attached hydrogens (tertiary/aromatic N) is 2. The molecule has 0 N–H and O–H groups in total. The second kappa shape index (κ2) is 13.0. The highest BCUT2D eigenvalue weighted by Gasteiger charge is 2.17. The summed E-state index contributed by atoms with van der Waals surface area (Å²) in [6.07, 6.45) is 0. The number of para-hydroxylation sites is 2. The molecule has 7 aromatic rings. The van der Waals surface area contributed by atoms with Gasteiger partial charge in [0.25, 0.3) is 0 Å². The van der Waals surface area contributed by atoms with E-state index in [0.29, 0.717) is 0 Å². The molecular weight excluding hydrogens is 556 g/mol. The Bertz CT molecular complexity index is 1880. The van der Waals surface area contributed by atoms with Gasteiger partial charge in [0.1, 0.15) is 0 Å². The number of hydrogen-bond acceptors (Lipinski definition) is 2. The fourth-order valence-corrected chi connectivity index (χ4v) is 5.94.